The first-order valence-electron chi connectivity index (χ1n) is 5.57. The number of aromatic nitrogens is 1. The highest BCUT2D eigenvalue weighted by Crippen LogP contribution is 2.39. The lowest BCUT2D eigenvalue weighted by molar-refractivity contribution is -0.384. The smallest absolute Gasteiger partial charge is 0.295 e. The van der Waals surface area contributed by atoms with Crippen molar-refractivity contribution in [1.82, 2.24) is 4.98 Å². The molecule has 0 saturated heterocycles. The average molecular weight is 256 g/mol. The second kappa shape index (κ2) is 4.16. The average Bonchev–Trinajstić information content (AvgIpc) is 2.81. The molecular formula is C13H8N2O4. The SMILES string of the molecule is O=C1COc2c1cccc2-c1ncccc1[N+](=O)[O-]. The van der Waals surface area contributed by atoms with Gasteiger partial charge >= 0.3 is 0 Å². The summed E-state index contributed by atoms with van der Waals surface area (Å²) in [5, 5.41) is 11.0. The highest BCUT2D eigenvalue weighted by atomic mass is 16.6. The maximum absolute atomic E-state index is 11.6. The minimum Gasteiger partial charge on any atom is -0.484 e. The lowest BCUT2D eigenvalue weighted by atomic mass is 10.0. The van der Waals surface area contributed by atoms with Crippen LogP contribution in [0.25, 0.3) is 11.3 Å². The molecule has 0 saturated carbocycles. The summed E-state index contributed by atoms with van der Waals surface area (Å²) < 4.78 is 5.32. The Morgan fingerprint density at radius 1 is 1.21 bits per heavy atom. The van der Waals surface area contributed by atoms with Gasteiger partial charge in [-0.25, -0.2) is 4.98 Å². The Bertz CT molecular complexity index is 697. The van der Waals surface area contributed by atoms with Gasteiger partial charge in [0.15, 0.2) is 12.3 Å². The maximum atomic E-state index is 11.6. The molecular weight excluding hydrogens is 248 g/mol. The Labute approximate surface area is 107 Å². The molecule has 1 aliphatic rings. The molecule has 0 bridgehead atoms. The van der Waals surface area contributed by atoms with E-state index in [9.17, 15) is 14.9 Å². The van der Waals surface area contributed by atoms with Crippen LogP contribution in [0.4, 0.5) is 5.69 Å². The first-order valence-corrected chi connectivity index (χ1v) is 5.57. The van der Waals surface area contributed by atoms with Crippen molar-refractivity contribution in [3.8, 4) is 17.0 Å². The predicted molar refractivity (Wildman–Crippen MR) is 66.2 cm³/mol. The van der Waals surface area contributed by atoms with Crippen LogP contribution in [0.15, 0.2) is 36.5 Å². The molecule has 94 valence electrons. The molecule has 2 aromatic rings. The van der Waals surface area contributed by atoms with E-state index < -0.39 is 4.92 Å². The van der Waals surface area contributed by atoms with Crippen LogP contribution in [0.3, 0.4) is 0 Å². The summed E-state index contributed by atoms with van der Waals surface area (Å²) >= 11 is 0. The van der Waals surface area contributed by atoms with Crippen LogP contribution < -0.4 is 4.74 Å². The summed E-state index contributed by atoms with van der Waals surface area (Å²) in [5.74, 6) is 0.240. The number of ether oxygens (including phenoxy) is 1. The molecule has 0 amide bonds. The minimum absolute atomic E-state index is 0.0347. The summed E-state index contributed by atoms with van der Waals surface area (Å²) in [5.41, 5.74) is 1.01. The molecule has 0 spiro atoms. The highest BCUT2D eigenvalue weighted by Gasteiger charge is 2.27. The van der Waals surface area contributed by atoms with Gasteiger partial charge in [0.05, 0.1) is 16.1 Å². The molecule has 6 nitrogen and oxygen atoms in total. The Balaban J connectivity index is 2.25. The third-order valence-electron chi connectivity index (χ3n) is 2.90. The largest absolute Gasteiger partial charge is 0.484 e. The second-order valence-corrected chi connectivity index (χ2v) is 4.02. The number of rotatable bonds is 2. The number of ketones is 1. The van der Waals surface area contributed by atoms with Crippen molar-refractivity contribution in [2.75, 3.05) is 6.61 Å². The summed E-state index contributed by atoms with van der Waals surface area (Å²) in [6.07, 6.45) is 1.47. The van der Waals surface area contributed by atoms with Gasteiger partial charge in [-0.15, -0.1) is 0 Å². The number of carbonyl (C=O) groups is 1. The Morgan fingerprint density at radius 3 is 2.79 bits per heavy atom. The van der Waals surface area contributed by atoms with Crippen molar-refractivity contribution < 1.29 is 14.5 Å². The van der Waals surface area contributed by atoms with Crippen LogP contribution in [0.1, 0.15) is 10.4 Å². The van der Waals surface area contributed by atoms with E-state index in [4.69, 9.17) is 4.74 Å². The van der Waals surface area contributed by atoms with Crippen molar-refractivity contribution in [3.63, 3.8) is 0 Å². The summed E-state index contributed by atoms with van der Waals surface area (Å²) in [6.45, 7) is -0.0347. The number of hydrogen-bond donors (Lipinski definition) is 0. The van der Waals surface area contributed by atoms with Crippen molar-refractivity contribution >= 4 is 11.5 Å². The van der Waals surface area contributed by atoms with E-state index in [2.05, 4.69) is 4.98 Å². The minimum atomic E-state index is -0.501. The van der Waals surface area contributed by atoms with Crippen LogP contribution in [-0.2, 0) is 0 Å². The third-order valence-corrected chi connectivity index (χ3v) is 2.90. The van der Waals surface area contributed by atoms with E-state index in [1.54, 1.807) is 18.2 Å². The van der Waals surface area contributed by atoms with Gasteiger partial charge in [-0.3, -0.25) is 14.9 Å². The van der Waals surface area contributed by atoms with E-state index in [1.165, 1.54) is 18.3 Å². The van der Waals surface area contributed by atoms with Gasteiger partial charge in [-0.05, 0) is 18.2 Å². The second-order valence-electron chi connectivity index (χ2n) is 4.02. The molecule has 0 radical (unpaired) electrons. The van der Waals surface area contributed by atoms with Gasteiger partial charge in [-0.1, -0.05) is 6.07 Å². The van der Waals surface area contributed by atoms with Gasteiger partial charge in [0, 0.05) is 12.3 Å². The zero-order valence-corrected chi connectivity index (χ0v) is 9.70. The number of nitro groups is 1. The zero-order chi connectivity index (χ0) is 13.4. The third kappa shape index (κ3) is 1.74. The van der Waals surface area contributed by atoms with Crippen molar-refractivity contribution in [2.45, 2.75) is 0 Å². The molecule has 0 aliphatic carbocycles. The van der Waals surface area contributed by atoms with Crippen molar-refractivity contribution in [2.24, 2.45) is 0 Å². The maximum Gasteiger partial charge on any atom is 0.295 e. The van der Waals surface area contributed by atoms with Crippen molar-refractivity contribution in [1.29, 1.82) is 0 Å². The number of nitrogens with zero attached hydrogens (tertiary/aromatic N) is 2. The number of carbonyl (C=O) groups excluding carboxylic acids is 1. The van der Waals surface area contributed by atoms with Gasteiger partial charge in [0.25, 0.3) is 5.69 Å². The number of Topliss-reactive ketones (excluding diaryl/α,β-unsaturated/α-hetero) is 1. The molecule has 3 rings (SSSR count). The molecule has 6 heteroatoms. The van der Waals surface area contributed by atoms with E-state index in [1.807, 2.05) is 0 Å². The van der Waals surface area contributed by atoms with E-state index in [0.29, 0.717) is 16.9 Å². The molecule has 0 unspecified atom stereocenters. The first-order chi connectivity index (χ1) is 9.18. The van der Waals surface area contributed by atoms with Crippen molar-refractivity contribution in [3.05, 3.63) is 52.2 Å². The Morgan fingerprint density at radius 2 is 2.00 bits per heavy atom. The fourth-order valence-electron chi connectivity index (χ4n) is 2.07. The molecule has 19 heavy (non-hydrogen) atoms. The number of pyridine rings is 1. The Hall–Kier alpha value is -2.76. The lowest BCUT2D eigenvalue weighted by Gasteiger charge is -2.06. The zero-order valence-electron chi connectivity index (χ0n) is 9.70. The normalized spacial score (nSPS) is 12.9. The number of hydrogen-bond acceptors (Lipinski definition) is 5. The van der Waals surface area contributed by atoms with Crippen LogP contribution in [0.2, 0.25) is 0 Å². The summed E-state index contributed by atoms with van der Waals surface area (Å²) in [7, 11) is 0. The van der Waals surface area contributed by atoms with Gasteiger partial charge in [0.2, 0.25) is 5.78 Å². The lowest BCUT2D eigenvalue weighted by Crippen LogP contribution is -1.98. The fourth-order valence-corrected chi connectivity index (χ4v) is 2.07. The quantitative estimate of drug-likeness (QED) is 0.607. The van der Waals surface area contributed by atoms with E-state index in [0.717, 1.165) is 0 Å². The standard InChI is InChI=1S/C13H8N2O4/c16-11-7-19-13-8(11)3-1-4-9(13)12-10(15(17)18)5-2-6-14-12/h1-6H,7H2. The molecule has 0 N–H and O–H groups in total. The number of para-hydroxylation sites is 1. The molecule has 0 fully saturated rings. The van der Waals surface area contributed by atoms with E-state index >= 15 is 0 Å². The molecule has 1 aromatic carbocycles. The number of fused-ring (bicyclic) bond motifs is 1. The van der Waals surface area contributed by atoms with Gasteiger partial charge in [0.1, 0.15) is 5.75 Å². The van der Waals surface area contributed by atoms with Gasteiger partial charge in [-0.2, -0.15) is 0 Å². The van der Waals surface area contributed by atoms with Gasteiger partial charge < -0.3 is 4.74 Å². The summed E-state index contributed by atoms with van der Waals surface area (Å²) in [6, 6.07) is 7.84. The predicted octanol–water partition coefficient (Wildman–Crippen LogP) is 2.23. The molecule has 0 atom stereocenters. The van der Waals surface area contributed by atoms with Crippen LogP contribution in [0.5, 0.6) is 5.75 Å². The van der Waals surface area contributed by atoms with Crippen LogP contribution >= 0.6 is 0 Å². The summed E-state index contributed by atoms with van der Waals surface area (Å²) in [4.78, 5) is 26.1. The number of benzene rings is 1. The van der Waals surface area contributed by atoms with E-state index in [-0.39, 0.29) is 23.8 Å². The highest BCUT2D eigenvalue weighted by molar-refractivity contribution is 6.04. The van der Waals surface area contributed by atoms with Crippen LogP contribution in [0, 0.1) is 10.1 Å². The fraction of sp³-hybridized carbons (Fsp3) is 0.0769. The van der Waals surface area contributed by atoms with Crippen LogP contribution in [-0.4, -0.2) is 22.3 Å². The first kappa shape index (κ1) is 11.3. The molecule has 1 aliphatic heterocycles. The topological polar surface area (TPSA) is 82.3 Å². The molecule has 2 heterocycles. The molecule has 1 aromatic heterocycles. The monoisotopic (exact) mass is 256 g/mol. The Kier molecular flexibility index (Phi) is 2.49.